The fourth-order valence-corrected chi connectivity index (χ4v) is 2.16. The highest BCUT2D eigenvalue weighted by atomic mass is 79.9. The molecule has 0 spiro atoms. The normalized spacial score (nSPS) is 9.79. The van der Waals surface area contributed by atoms with Crippen LogP contribution in [0.15, 0.2) is 30.2 Å². The van der Waals surface area contributed by atoms with Crippen molar-refractivity contribution in [2.24, 2.45) is 0 Å². The predicted octanol–water partition coefficient (Wildman–Crippen LogP) is 2.66. The molecule has 0 unspecified atom stereocenters. The summed E-state index contributed by atoms with van der Waals surface area (Å²) in [5.74, 6) is 0.0956. The van der Waals surface area contributed by atoms with Gasteiger partial charge in [0.1, 0.15) is 0 Å². The van der Waals surface area contributed by atoms with Gasteiger partial charge in [0.2, 0.25) is 5.91 Å². The van der Waals surface area contributed by atoms with Crippen LogP contribution in [-0.2, 0) is 11.3 Å². The first-order chi connectivity index (χ1) is 6.77. The van der Waals surface area contributed by atoms with E-state index in [1.54, 1.807) is 22.3 Å². The number of nitrogens with zero attached hydrogens (tertiary/aromatic N) is 1. The smallest absolute Gasteiger partial charge is 0.233 e. The van der Waals surface area contributed by atoms with E-state index < -0.39 is 0 Å². The van der Waals surface area contributed by atoms with E-state index in [1.165, 1.54) is 4.88 Å². The van der Waals surface area contributed by atoms with E-state index in [2.05, 4.69) is 22.5 Å². The van der Waals surface area contributed by atoms with Gasteiger partial charge in [-0.1, -0.05) is 28.1 Å². The minimum Gasteiger partial charge on any atom is -0.333 e. The zero-order valence-corrected chi connectivity index (χ0v) is 10.2. The summed E-state index contributed by atoms with van der Waals surface area (Å²) in [4.78, 5) is 14.4. The van der Waals surface area contributed by atoms with Gasteiger partial charge in [-0.2, -0.15) is 0 Å². The molecule has 76 valence electrons. The first-order valence-corrected chi connectivity index (χ1v) is 6.25. The van der Waals surface area contributed by atoms with Crippen molar-refractivity contribution < 1.29 is 4.79 Å². The van der Waals surface area contributed by atoms with E-state index in [9.17, 15) is 4.79 Å². The van der Waals surface area contributed by atoms with Crippen LogP contribution in [0.2, 0.25) is 0 Å². The Balaban J connectivity index is 2.59. The van der Waals surface area contributed by atoms with Crippen LogP contribution in [0, 0.1) is 0 Å². The summed E-state index contributed by atoms with van der Waals surface area (Å²) in [6.45, 7) is 4.91. The maximum atomic E-state index is 11.5. The fourth-order valence-electron chi connectivity index (χ4n) is 1.09. The second kappa shape index (κ2) is 5.98. The van der Waals surface area contributed by atoms with Gasteiger partial charge in [0.05, 0.1) is 11.9 Å². The summed E-state index contributed by atoms with van der Waals surface area (Å²) in [5.41, 5.74) is 0. The van der Waals surface area contributed by atoms with E-state index in [1.807, 2.05) is 17.5 Å². The molecule has 0 atom stereocenters. The molecule has 0 aliphatic carbocycles. The second-order valence-electron chi connectivity index (χ2n) is 2.78. The van der Waals surface area contributed by atoms with E-state index >= 15 is 0 Å². The van der Waals surface area contributed by atoms with Gasteiger partial charge in [-0.25, -0.2) is 0 Å². The number of hydrogen-bond acceptors (Lipinski definition) is 2. The van der Waals surface area contributed by atoms with Gasteiger partial charge in [0.25, 0.3) is 0 Å². The minimum atomic E-state index is 0.0956. The van der Waals surface area contributed by atoms with Gasteiger partial charge >= 0.3 is 0 Å². The number of thiophene rings is 1. The maximum Gasteiger partial charge on any atom is 0.233 e. The number of carbonyl (C=O) groups is 1. The molecule has 0 saturated carbocycles. The summed E-state index contributed by atoms with van der Waals surface area (Å²) in [5, 5.41) is 2.38. The van der Waals surface area contributed by atoms with Crippen molar-refractivity contribution >= 4 is 33.2 Å². The monoisotopic (exact) mass is 273 g/mol. The molecule has 0 radical (unpaired) electrons. The molecule has 0 fully saturated rings. The summed E-state index contributed by atoms with van der Waals surface area (Å²) in [6.07, 6.45) is 1.74. The SMILES string of the molecule is C=CCN(Cc1cccs1)C(=O)CBr. The van der Waals surface area contributed by atoms with Gasteiger partial charge < -0.3 is 4.90 Å². The van der Waals surface area contributed by atoms with E-state index in [0.717, 1.165) is 0 Å². The first-order valence-electron chi connectivity index (χ1n) is 4.25. The molecular weight excluding hydrogens is 262 g/mol. The molecule has 14 heavy (non-hydrogen) atoms. The minimum absolute atomic E-state index is 0.0956. The van der Waals surface area contributed by atoms with Crippen molar-refractivity contribution in [3.63, 3.8) is 0 Å². The molecule has 0 N–H and O–H groups in total. The highest BCUT2D eigenvalue weighted by molar-refractivity contribution is 9.09. The molecule has 0 bridgehead atoms. The van der Waals surface area contributed by atoms with E-state index in [4.69, 9.17) is 0 Å². The maximum absolute atomic E-state index is 11.5. The van der Waals surface area contributed by atoms with Crippen LogP contribution < -0.4 is 0 Å². The lowest BCUT2D eigenvalue weighted by Gasteiger charge is -2.18. The predicted molar refractivity (Wildman–Crippen MR) is 63.7 cm³/mol. The van der Waals surface area contributed by atoms with Crippen molar-refractivity contribution in [1.29, 1.82) is 0 Å². The topological polar surface area (TPSA) is 20.3 Å². The lowest BCUT2D eigenvalue weighted by atomic mass is 10.4. The molecule has 0 aliphatic heterocycles. The van der Waals surface area contributed by atoms with Crippen LogP contribution in [0.4, 0.5) is 0 Å². The van der Waals surface area contributed by atoms with Crippen LogP contribution in [0.5, 0.6) is 0 Å². The van der Waals surface area contributed by atoms with Crippen molar-refractivity contribution in [2.45, 2.75) is 6.54 Å². The van der Waals surface area contributed by atoms with Crippen molar-refractivity contribution in [2.75, 3.05) is 11.9 Å². The lowest BCUT2D eigenvalue weighted by molar-refractivity contribution is -0.128. The van der Waals surface area contributed by atoms with E-state index in [0.29, 0.717) is 18.4 Å². The van der Waals surface area contributed by atoms with Crippen LogP contribution in [-0.4, -0.2) is 22.7 Å². The average Bonchev–Trinajstić information content (AvgIpc) is 2.68. The van der Waals surface area contributed by atoms with Gasteiger partial charge in [0.15, 0.2) is 0 Å². The van der Waals surface area contributed by atoms with Crippen LogP contribution >= 0.6 is 27.3 Å². The standard InChI is InChI=1S/C10H12BrNOS/c1-2-5-12(10(13)7-11)8-9-4-3-6-14-9/h2-4,6H,1,5,7-8H2. The van der Waals surface area contributed by atoms with Crippen molar-refractivity contribution in [3.8, 4) is 0 Å². The number of halogens is 1. The van der Waals surface area contributed by atoms with Crippen LogP contribution in [0.1, 0.15) is 4.88 Å². The quantitative estimate of drug-likeness (QED) is 0.597. The summed E-state index contributed by atoms with van der Waals surface area (Å²) >= 11 is 4.83. The molecular formula is C10H12BrNOS. The molecule has 0 aliphatic rings. The molecule has 2 nitrogen and oxygen atoms in total. The third-order valence-electron chi connectivity index (χ3n) is 1.74. The highest BCUT2D eigenvalue weighted by Gasteiger charge is 2.10. The summed E-state index contributed by atoms with van der Waals surface area (Å²) in [7, 11) is 0. The molecule has 1 aromatic heterocycles. The molecule has 0 saturated heterocycles. The Labute approximate surface area is 96.4 Å². The third kappa shape index (κ3) is 3.27. The van der Waals surface area contributed by atoms with Crippen molar-refractivity contribution in [3.05, 3.63) is 35.0 Å². The Morgan fingerprint density at radius 3 is 3.00 bits per heavy atom. The van der Waals surface area contributed by atoms with Gasteiger partial charge in [-0.15, -0.1) is 17.9 Å². The molecule has 1 amide bonds. The Hall–Kier alpha value is -0.610. The first kappa shape index (κ1) is 11.5. The second-order valence-corrected chi connectivity index (χ2v) is 4.37. The molecule has 1 aromatic rings. The van der Waals surface area contributed by atoms with E-state index in [-0.39, 0.29) is 5.91 Å². The molecule has 0 aromatic carbocycles. The fraction of sp³-hybridized carbons (Fsp3) is 0.300. The number of carbonyl (C=O) groups excluding carboxylic acids is 1. The highest BCUT2D eigenvalue weighted by Crippen LogP contribution is 2.12. The number of rotatable bonds is 5. The summed E-state index contributed by atoms with van der Waals surface area (Å²) < 4.78 is 0. The largest absolute Gasteiger partial charge is 0.333 e. The average molecular weight is 274 g/mol. The Bertz CT molecular complexity index is 297. The Kier molecular flexibility index (Phi) is 4.90. The lowest BCUT2D eigenvalue weighted by Crippen LogP contribution is -2.31. The molecule has 1 heterocycles. The molecule has 1 rings (SSSR count). The van der Waals surface area contributed by atoms with Gasteiger partial charge in [0, 0.05) is 11.4 Å². The number of amides is 1. The summed E-state index contributed by atoms with van der Waals surface area (Å²) in [6, 6.07) is 4.02. The van der Waals surface area contributed by atoms with Crippen LogP contribution in [0.3, 0.4) is 0 Å². The zero-order valence-electron chi connectivity index (χ0n) is 7.78. The van der Waals surface area contributed by atoms with Gasteiger partial charge in [-0.3, -0.25) is 4.79 Å². The number of alkyl halides is 1. The Morgan fingerprint density at radius 2 is 2.50 bits per heavy atom. The number of hydrogen-bond donors (Lipinski definition) is 0. The third-order valence-corrected chi connectivity index (χ3v) is 3.08. The van der Waals surface area contributed by atoms with Crippen molar-refractivity contribution in [1.82, 2.24) is 4.90 Å². The van der Waals surface area contributed by atoms with Crippen LogP contribution in [0.25, 0.3) is 0 Å². The Morgan fingerprint density at radius 1 is 1.71 bits per heavy atom. The molecule has 4 heteroatoms. The zero-order chi connectivity index (χ0) is 10.4. The van der Waals surface area contributed by atoms with Gasteiger partial charge in [-0.05, 0) is 11.4 Å².